The molecule has 0 unspecified atom stereocenters. The maximum atomic E-state index is 15.0. The lowest BCUT2D eigenvalue weighted by Crippen LogP contribution is -2.38. The van der Waals surface area contributed by atoms with Gasteiger partial charge in [0.2, 0.25) is 11.9 Å². The fourth-order valence-corrected chi connectivity index (χ4v) is 6.02. The third-order valence-corrected chi connectivity index (χ3v) is 7.92. The Balaban J connectivity index is 1.25. The molecule has 0 radical (unpaired) electrons. The van der Waals surface area contributed by atoms with Crippen molar-refractivity contribution >= 4 is 34.3 Å². The highest BCUT2D eigenvalue weighted by atomic mass is 19.1. The second-order valence-electron chi connectivity index (χ2n) is 11.0. The van der Waals surface area contributed by atoms with Crippen LogP contribution in [0, 0.1) is 24.0 Å². The largest absolute Gasteiger partial charge is 0.342 e. The first-order chi connectivity index (χ1) is 18.7. The second kappa shape index (κ2) is 9.68. The molecule has 2 N–H and O–H groups in total. The Morgan fingerprint density at radius 2 is 1.85 bits per heavy atom. The second-order valence-corrected chi connectivity index (χ2v) is 11.0. The van der Waals surface area contributed by atoms with Gasteiger partial charge in [-0.1, -0.05) is 0 Å². The summed E-state index contributed by atoms with van der Waals surface area (Å²) in [5.74, 6) is -0.383. The predicted molar refractivity (Wildman–Crippen MR) is 147 cm³/mol. The van der Waals surface area contributed by atoms with Crippen LogP contribution in [0.4, 0.5) is 26.2 Å². The summed E-state index contributed by atoms with van der Waals surface area (Å²) in [5.41, 5.74) is 2.71. The number of nitrogens with one attached hydrogen (secondary N) is 2. The summed E-state index contributed by atoms with van der Waals surface area (Å²) in [4.78, 5) is 27.4. The van der Waals surface area contributed by atoms with E-state index in [9.17, 15) is 9.18 Å². The molecule has 1 amide bonds. The van der Waals surface area contributed by atoms with Crippen molar-refractivity contribution in [2.24, 2.45) is 5.41 Å². The first kappa shape index (κ1) is 25.4. The van der Waals surface area contributed by atoms with Gasteiger partial charge in [-0.3, -0.25) is 4.79 Å². The van der Waals surface area contributed by atoms with Crippen molar-refractivity contribution in [3.63, 3.8) is 0 Å². The van der Waals surface area contributed by atoms with Crippen LogP contribution in [0.5, 0.6) is 0 Å². The molecule has 1 spiro atoms. The van der Waals surface area contributed by atoms with E-state index in [0.717, 1.165) is 43.5 Å². The Bertz CT molecular complexity index is 1560. The minimum absolute atomic E-state index is 0.00554. The molecule has 3 aromatic heterocycles. The van der Waals surface area contributed by atoms with Gasteiger partial charge in [-0.15, -0.1) is 0 Å². The number of amides is 1. The molecule has 8 nitrogen and oxygen atoms in total. The van der Waals surface area contributed by atoms with Crippen LogP contribution in [-0.2, 0) is 4.79 Å². The molecule has 2 saturated heterocycles. The van der Waals surface area contributed by atoms with E-state index >= 15 is 4.39 Å². The van der Waals surface area contributed by atoms with E-state index in [-0.39, 0.29) is 29.0 Å². The van der Waals surface area contributed by atoms with Crippen molar-refractivity contribution in [2.75, 3.05) is 29.9 Å². The van der Waals surface area contributed by atoms with E-state index < -0.39 is 11.6 Å². The molecule has 5 heterocycles. The summed E-state index contributed by atoms with van der Waals surface area (Å²) in [7, 11) is 0. The lowest BCUT2D eigenvalue weighted by Gasteiger charge is -2.33. The van der Waals surface area contributed by atoms with Crippen LogP contribution in [0.25, 0.3) is 22.2 Å². The molecule has 10 heteroatoms. The number of hydrogen-bond donors (Lipinski definition) is 2. The van der Waals surface area contributed by atoms with Gasteiger partial charge in [0.25, 0.3) is 0 Å². The average molecular weight is 532 g/mol. The smallest absolute Gasteiger partial charge is 0.229 e. The first-order valence-electron chi connectivity index (χ1n) is 13.3. The number of halogens is 2. The first-order valence-corrected chi connectivity index (χ1v) is 13.3. The summed E-state index contributed by atoms with van der Waals surface area (Å²) in [6, 6.07) is 8.55. The average Bonchev–Trinajstić information content (AvgIpc) is 3.42. The molecule has 0 bridgehead atoms. The topological polar surface area (TPSA) is 88.0 Å². The van der Waals surface area contributed by atoms with Crippen molar-refractivity contribution in [1.82, 2.24) is 24.8 Å². The molecule has 0 aliphatic carbocycles. The molecule has 202 valence electrons. The van der Waals surface area contributed by atoms with Crippen LogP contribution in [0.1, 0.15) is 44.8 Å². The van der Waals surface area contributed by atoms with Crippen LogP contribution in [0.15, 0.2) is 42.7 Å². The molecule has 4 aromatic rings. The van der Waals surface area contributed by atoms with Crippen molar-refractivity contribution < 1.29 is 13.6 Å². The number of carbonyl (C=O) groups is 1. The highest BCUT2D eigenvalue weighted by molar-refractivity contribution is 5.96. The Morgan fingerprint density at radius 1 is 1.05 bits per heavy atom. The van der Waals surface area contributed by atoms with Crippen molar-refractivity contribution in [3.05, 3.63) is 60.1 Å². The van der Waals surface area contributed by atoms with E-state index in [1.54, 1.807) is 24.4 Å². The maximum absolute atomic E-state index is 15.0. The number of rotatable bonds is 5. The fraction of sp³-hybridized carbons (Fsp3) is 0.379. The number of benzene rings is 1. The quantitative estimate of drug-likeness (QED) is 0.353. The molecule has 39 heavy (non-hydrogen) atoms. The summed E-state index contributed by atoms with van der Waals surface area (Å²) in [5, 5.41) is 6.86. The highest BCUT2D eigenvalue weighted by Gasteiger charge is 2.44. The van der Waals surface area contributed by atoms with Crippen LogP contribution in [0.2, 0.25) is 0 Å². The molecule has 2 aliphatic rings. The summed E-state index contributed by atoms with van der Waals surface area (Å²) < 4.78 is 31.9. The van der Waals surface area contributed by atoms with Crippen LogP contribution < -0.4 is 15.5 Å². The van der Waals surface area contributed by atoms with Crippen molar-refractivity contribution in [2.45, 2.75) is 46.1 Å². The van der Waals surface area contributed by atoms with Gasteiger partial charge in [-0.25, -0.2) is 23.7 Å². The molecule has 1 aromatic carbocycles. The van der Waals surface area contributed by atoms with Crippen molar-refractivity contribution in [3.8, 4) is 11.3 Å². The SMILES string of the molecule is Cc1cc2c(F)cc(-c3nc(Nc4ccc(N5CC6(CCNCC6)CC5=O)cn4)ncc3F)cc2n1C(C)C. The minimum atomic E-state index is -0.652. The van der Waals surface area contributed by atoms with Crippen LogP contribution in [0.3, 0.4) is 0 Å². The van der Waals surface area contributed by atoms with E-state index in [1.165, 1.54) is 6.07 Å². The Morgan fingerprint density at radius 3 is 2.56 bits per heavy atom. The van der Waals surface area contributed by atoms with Gasteiger partial charge in [0.05, 0.1) is 23.6 Å². The third kappa shape index (κ3) is 4.63. The predicted octanol–water partition coefficient (Wildman–Crippen LogP) is 5.51. The minimum Gasteiger partial charge on any atom is -0.342 e. The van der Waals surface area contributed by atoms with Gasteiger partial charge < -0.3 is 20.1 Å². The van der Waals surface area contributed by atoms with Crippen LogP contribution >= 0.6 is 0 Å². The van der Waals surface area contributed by atoms with Gasteiger partial charge in [0.15, 0.2) is 5.82 Å². The summed E-state index contributed by atoms with van der Waals surface area (Å²) in [6.45, 7) is 8.54. The van der Waals surface area contributed by atoms with E-state index in [1.807, 2.05) is 36.3 Å². The van der Waals surface area contributed by atoms with E-state index in [2.05, 4.69) is 25.6 Å². The number of pyridine rings is 1. The Kier molecular flexibility index (Phi) is 6.29. The molecule has 2 aliphatic heterocycles. The third-order valence-electron chi connectivity index (χ3n) is 7.92. The number of aromatic nitrogens is 4. The fourth-order valence-electron chi connectivity index (χ4n) is 6.02. The van der Waals surface area contributed by atoms with Gasteiger partial charge in [-0.2, -0.15) is 0 Å². The number of hydrogen-bond acceptors (Lipinski definition) is 6. The number of piperidine rings is 1. The molecule has 6 rings (SSSR count). The number of nitrogens with zero attached hydrogens (tertiary/aromatic N) is 5. The molecule has 0 atom stereocenters. The number of carbonyl (C=O) groups excluding carboxylic acids is 1. The summed E-state index contributed by atoms with van der Waals surface area (Å²) >= 11 is 0. The molecular formula is C29H31F2N7O. The van der Waals surface area contributed by atoms with Gasteiger partial charge in [0, 0.05) is 35.7 Å². The monoisotopic (exact) mass is 531 g/mol. The van der Waals surface area contributed by atoms with Gasteiger partial charge >= 0.3 is 0 Å². The van der Waals surface area contributed by atoms with Gasteiger partial charge in [-0.05, 0) is 82.4 Å². The lowest BCUT2D eigenvalue weighted by molar-refractivity contribution is -0.117. The standard InChI is InChI=1S/C29H31F2N7O/c1-17(2)38-18(3)10-21-22(30)11-19(12-24(21)38)27-23(31)15-34-28(36-27)35-25-5-4-20(14-33-25)37-16-29(13-26(37)39)6-8-32-9-7-29/h4-5,10-12,14-15,17,32H,6-9,13,16H2,1-3H3,(H,33,34,35,36). The van der Waals surface area contributed by atoms with E-state index in [4.69, 9.17) is 0 Å². The Labute approximate surface area is 225 Å². The molecular weight excluding hydrogens is 500 g/mol. The maximum Gasteiger partial charge on any atom is 0.229 e. The normalized spacial score (nSPS) is 17.1. The number of fused-ring (bicyclic) bond motifs is 1. The van der Waals surface area contributed by atoms with Crippen LogP contribution in [-0.4, -0.2) is 45.1 Å². The highest BCUT2D eigenvalue weighted by Crippen LogP contribution is 2.41. The zero-order valence-corrected chi connectivity index (χ0v) is 22.3. The Hall–Kier alpha value is -3.92. The number of anilines is 3. The number of aryl methyl sites for hydroxylation is 1. The van der Waals surface area contributed by atoms with E-state index in [0.29, 0.717) is 35.2 Å². The molecule has 2 fully saturated rings. The zero-order valence-electron chi connectivity index (χ0n) is 22.3. The summed E-state index contributed by atoms with van der Waals surface area (Å²) in [6.07, 6.45) is 5.26. The lowest BCUT2D eigenvalue weighted by atomic mass is 9.78. The van der Waals surface area contributed by atoms with Crippen molar-refractivity contribution in [1.29, 1.82) is 0 Å². The van der Waals surface area contributed by atoms with Gasteiger partial charge in [0.1, 0.15) is 17.3 Å². The zero-order chi connectivity index (χ0) is 27.3. The molecule has 0 saturated carbocycles.